The van der Waals surface area contributed by atoms with E-state index in [-0.39, 0.29) is 24.2 Å². The molecular formula is C18H22ClN3OS. The summed E-state index contributed by atoms with van der Waals surface area (Å²) in [4.78, 5) is 18.7. The number of carbonyl (C=O) groups excluding carboxylic acids is 1. The fraction of sp³-hybridized carbons (Fsp3) is 0.333. The number of carbonyl (C=O) groups is 1. The lowest BCUT2D eigenvalue weighted by Crippen LogP contribution is -2.40. The van der Waals surface area contributed by atoms with Crippen molar-refractivity contribution in [3.8, 4) is 0 Å². The average molecular weight is 364 g/mol. The molecule has 24 heavy (non-hydrogen) atoms. The number of hydrogen-bond donors (Lipinski definition) is 2. The standard InChI is InChI=1S/C18H21N3OS.ClH/c1-13-12-14(6-11-20-13)18(22)21-15-2-4-16(5-3-15)23-17-7-9-19-10-8-17;/h2-5,7-10,13-14,20H,6,11-12H2,1H3,(H,21,22);1H/t13-,14-;/m0./s1. The number of pyridine rings is 1. The van der Waals surface area contributed by atoms with E-state index in [0.29, 0.717) is 6.04 Å². The minimum atomic E-state index is 0. The van der Waals surface area contributed by atoms with Gasteiger partial charge in [-0.05, 0) is 62.7 Å². The number of rotatable bonds is 4. The van der Waals surface area contributed by atoms with Crippen LogP contribution < -0.4 is 10.6 Å². The minimum absolute atomic E-state index is 0. The molecule has 6 heteroatoms. The van der Waals surface area contributed by atoms with Gasteiger partial charge in [0.25, 0.3) is 0 Å². The number of aromatic nitrogens is 1. The first-order valence-corrected chi connectivity index (χ1v) is 8.74. The van der Waals surface area contributed by atoms with Gasteiger partial charge < -0.3 is 10.6 Å². The van der Waals surface area contributed by atoms with Crippen molar-refractivity contribution < 1.29 is 4.79 Å². The Kier molecular flexibility index (Phi) is 7.09. The molecule has 2 N–H and O–H groups in total. The highest BCUT2D eigenvalue weighted by molar-refractivity contribution is 7.99. The summed E-state index contributed by atoms with van der Waals surface area (Å²) in [5, 5.41) is 6.41. The molecule has 1 aromatic heterocycles. The third kappa shape index (κ3) is 5.23. The van der Waals surface area contributed by atoms with Crippen LogP contribution in [-0.4, -0.2) is 23.5 Å². The van der Waals surface area contributed by atoms with Gasteiger partial charge in [-0.25, -0.2) is 0 Å². The van der Waals surface area contributed by atoms with Crippen LogP contribution in [-0.2, 0) is 4.79 Å². The quantitative estimate of drug-likeness (QED) is 0.862. The number of halogens is 1. The molecule has 1 amide bonds. The second-order valence-corrected chi connectivity index (χ2v) is 7.02. The molecule has 1 aliphatic heterocycles. The van der Waals surface area contributed by atoms with Crippen LogP contribution in [0.3, 0.4) is 0 Å². The Morgan fingerprint density at radius 2 is 1.83 bits per heavy atom. The van der Waals surface area contributed by atoms with E-state index in [0.717, 1.165) is 34.9 Å². The monoisotopic (exact) mass is 363 g/mol. The van der Waals surface area contributed by atoms with Crippen LogP contribution in [0.25, 0.3) is 0 Å². The van der Waals surface area contributed by atoms with Crippen molar-refractivity contribution in [2.24, 2.45) is 5.92 Å². The number of nitrogens with zero attached hydrogens (tertiary/aromatic N) is 1. The molecule has 4 nitrogen and oxygen atoms in total. The van der Waals surface area contributed by atoms with Crippen LogP contribution in [0.1, 0.15) is 19.8 Å². The van der Waals surface area contributed by atoms with Crippen LogP contribution >= 0.6 is 24.2 Å². The van der Waals surface area contributed by atoms with E-state index in [1.807, 2.05) is 36.4 Å². The Hall–Kier alpha value is -1.56. The summed E-state index contributed by atoms with van der Waals surface area (Å²) in [6.45, 7) is 3.05. The Morgan fingerprint density at radius 3 is 2.50 bits per heavy atom. The number of piperidine rings is 1. The van der Waals surface area contributed by atoms with Gasteiger partial charge in [-0.15, -0.1) is 12.4 Å². The molecule has 0 bridgehead atoms. The van der Waals surface area contributed by atoms with E-state index in [4.69, 9.17) is 0 Å². The third-order valence-electron chi connectivity index (χ3n) is 4.00. The lowest BCUT2D eigenvalue weighted by atomic mass is 9.92. The van der Waals surface area contributed by atoms with E-state index in [1.54, 1.807) is 24.2 Å². The average Bonchev–Trinajstić information content (AvgIpc) is 2.57. The number of amides is 1. The van der Waals surface area contributed by atoms with Gasteiger partial charge >= 0.3 is 0 Å². The van der Waals surface area contributed by atoms with Crippen molar-refractivity contribution in [2.45, 2.75) is 35.6 Å². The molecule has 3 rings (SSSR count). The maximum atomic E-state index is 12.3. The molecule has 0 saturated carbocycles. The van der Waals surface area contributed by atoms with Crippen molar-refractivity contribution in [3.05, 3.63) is 48.8 Å². The van der Waals surface area contributed by atoms with Gasteiger partial charge in [0.05, 0.1) is 0 Å². The molecule has 1 fully saturated rings. The van der Waals surface area contributed by atoms with Crippen LogP contribution in [0.2, 0.25) is 0 Å². The highest BCUT2D eigenvalue weighted by Gasteiger charge is 2.24. The summed E-state index contributed by atoms with van der Waals surface area (Å²) in [6, 6.07) is 12.4. The molecule has 2 aromatic rings. The van der Waals surface area contributed by atoms with E-state index < -0.39 is 0 Å². The largest absolute Gasteiger partial charge is 0.326 e. The molecule has 0 unspecified atom stereocenters. The first-order chi connectivity index (χ1) is 11.2. The summed E-state index contributed by atoms with van der Waals surface area (Å²) in [7, 11) is 0. The number of hydrogen-bond acceptors (Lipinski definition) is 4. The maximum absolute atomic E-state index is 12.3. The van der Waals surface area contributed by atoms with E-state index in [2.05, 4.69) is 22.5 Å². The first-order valence-electron chi connectivity index (χ1n) is 7.93. The van der Waals surface area contributed by atoms with Gasteiger partial charge in [0.1, 0.15) is 0 Å². The van der Waals surface area contributed by atoms with Gasteiger partial charge in [0, 0.05) is 39.8 Å². The topological polar surface area (TPSA) is 54.0 Å². The van der Waals surface area contributed by atoms with Gasteiger partial charge in [-0.2, -0.15) is 0 Å². The first kappa shape index (κ1) is 18.8. The van der Waals surface area contributed by atoms with Crippen LogP contribution in [0.4, 0.5) is 5.69 Å². The second-order valence-electron chi connectivity index (χ2n) is 5.88. The Balaban J connectivity index is 0.00000208. The summed E-state index contributed by atoms with van der Waals surface area (Å²) in [5.74, 6) is 0.241. The smallest absolute Gasteiger partial charge is 0.227 e. The van der Waals surface area contributed by atoms with Crippen LogP contribution in [0, 0.1) is 5.92 Å². The summed E-state index contributed by atoms with van der Waals surface area (Å²) in [5.41, 5.74) is 0.861. The zero-order valence-corrected chi connectivity index (χ0v) is 15.2. The zero-order valence-electron chi connectivity index (χ0n) is 13.6. The Morgan fingerprint density at radius 1 is 1.17 bits per heavy atom. The van der Waals surface area contributed by atoms with Crippen molar-refractivity contribution in [2.75, 3.05) is 11.9 Å². The molecule has 0 aliphatic carbocycles. The number of benzene rings is 1. The Labute approximate surface area is 153 Å². The molecule has 128 valence electrons. The van der Waals surface area contributed by atoms with Crippen molar-refractivity contribution in [1.82, 2.24) is 10.3 Å². The molecule has 1 saturated heterocycles. The summed E-state index contributed by atoms with van der Waals surface area (Å²) < 4.78 is 0. The molecule has 2 atom stereocenters. The zero-order chi connectivity index (χ0) is 16.1. The van der Waals surface area contributed by atoms with Gasteiger partial charge in [-0.1, -0.05) is 11.8 Å². The number of nitrogens with one attached hydrogen (secondary N) is 2. The molecule has 1 aliphatic rings. The predicted molar refractivity (Wildman–Crippen MR) is 101 cm³/mol. The van der Waals surface area contributed by atoms with Gasteiger partial charge in [0.15, 0.2) is 0 Å². The number of anilines is 1. The lowest BCUT2D eigenvalue weighted by Gasteiger charge is -2.27. The molecule has 2 heterocycles. The predicted octanol–water partition coefficient (Wildman–Crippen LogP) is 3.98. The van der Waals surface area contributed by atoms with Crippen LogP contribution in [0.5, 0.6) is 0 Å². The minimum Gasteiger partial charge on any atom is -0.326 e. The van der Waals surface area contributed by atoms with E-state index >= 15 is 0 Å². The van der Waals surface area contributed by atoms with Gasteiger partial charge in [0.2, 0.25) is 5.91 Å². The van der Waals surface area contributed by atoms with Crippen molar-refractivity contribution in [3.63, 3.8) is 0 Å². The van der Waals surface area contributed by atoms with Crippen molar-refractivity contribution >= 4 is 35.8 Å². The lowest BCUT2D eigenvalue weighted by molar-refractivity contribution is -0.120. The fourth-order valence-electron chi connectivity index (χ4n) is 2.76. The second kappa shape index (κ2) is 9.06. The molecule has 1 aromatic carbocycles. The van der Waals surface area contributed by atoms with Gasteiger partial charge in [-0.3, -0.25) is 9.78 Å². The van der Waals surface area contributed by atoms with E-state index in [1.165, 1.54) is 0 Å². The third-order valence-corrected chi connectivity index (χ3v) is 5.02. The highest BCUT2D eigenvalue weighted by atomic mass is 35.5. The molecule has 0 spiro atoms. The Bertz CT molecular complexity index is 651. The highest BCUT2D eigenvalue weighted by Crippen LogP contribution is 2.28. The van der Waals surface area contributed by atoms with Crippen molar-refractivity contribution in [1.29, 1.82) is 0 Å². The molecule has 0 radical (unpaired) electrons. The van der Waals surface area contributed by atoms with E-state index in [9.17, 15) is 4.79 Å². The SMILES string of the molecule is C[C@H]1C[C@@H](C(=O)Nc2ccc(Sc3ccncc3)cc2)CCN1.Cl. The normalized spacial score (nSPS) is 20.0. The molecular weight excluding hydrogens is 342 g/mol. The maximum Gasteiger partial charge on any atom is 0.227 e. The fourth-order valence-corrected chi connectivity index (χ4v) is 3.57. The summed E-state index contributed by atoms with van der Waals surface area (Å²) >= 11 is 1.68. The summed E-state index contributed by atoms with van der Waals surface area (Å²) in [6.07, 6.45) is 5.39. The van der Waals surface area contributed by atoms with Crippen LogP contribution in [0.15, 0.2) is 58.6 Å².